The number of halogens is 2. The number of hydrogen-bond donors (Lipinski definition) is 0. The van der Waals surface area contributed by atoms with Gasteiger partial charge in [0.2, 0.25) is 0 Å². The molecular weight excluding hydrogens is 312 g/mol. The molecule has 0 aliphatic rings. The molecule has 13 heavy (non-hydrogen) atoms. The Labute approximate surface area is 101 Å². The monoisotopic (exact) mass is 322 g/mol. The smallest absolute Gasteiger partial charge is 0.0226 e. The Balaban J connectivity index is 2.56. The highest BCUT2D eigenvalue weighted by Crippen LogP contribution is 2.25. The molecule has 1 aromatic carbocycles. The van der Waals surface area contributed by atoms with Gasteiger partial charge in [-0.15, -0.1) is 0 Å². The lowest BCUT2D eigenvalue weighted by Gasteiger charge is -2.03. The van der Waals surface area contributed by atoms with E-state index in [-0.39, 0.29) is 0 Å². The second-order valence-electron chi connectivity index (χ2n) is 2.79. The molecule has 0 unspecified atom stereocenters. The average Bonchev–Trinajstić information content (AvgIpc) is 2.09. The van der Waals surface area contributed by atoms with Gasteiger partial charge in [0.1, 0.15) is 0 Å². The summed E-state index contributed by atoms with van der Waals surface area (Å²) in [5, 5.41) is 0. The summed E-state index contributed by atoms with van der Waals surface area (Å²) in [7, 11) is 0. The number of thioether (sulfide) groups is 1. The summed E-state index contributed by atoms with van der Waals surface area (Å²) in [4.78, 5) is 0. The lowest BCUT2D eigenvalue weighted by Crippen LogP contribution is -1.84. The van der Waals surface area contributed by atoms with Gasteiger partial charge in [-0.05, 0) is 29.9 Å². The average molecular weight is 324 g/mol. The Bertz CT molecular complexity index is 274. The van der Waals surface area contributed by atoms with Crippen LogP contribution in [-0.2, 0) is 5.75 Å². The summed E-state index contributed by atoms with van der Waals surface area (Å²) in [5.41, 5.74) is 1.38. The minimum Gasteiger partial charge on any atom is -0.157 e. The zero-order valence-corrected chi connectivity index (χ0v) is 11.5. The molecule has 0 radical (unpaired) electrons. The van der Waals surface area contributed by atoms with Crippen LogP contribution in [0.15, 0.2) is 27.1 Å². The van der Waals surface area contributed by atoms with Crippen LogP contribution in [0.2, 0.25) is 0 Å². The van der Waals surface area contributed by atoms with Crippen LogP contribution in [0.25, 0.3) is 0 Å². The van der Waals surface area contributed by atoms with Crippen molar-refractivity contribution in [1.29, 1.82) is 0 Å². The third-order valence-corrected chi connectivity index (χ3v) is 4.06. The van der Waals surface area contributed by atoms with Crippen molar-refractivity contribution in [1.82, 2.24) is 0 Å². The van der Waals surface area contributed by atoms with Gasteiger partial charge in [0, 0.05) is 14.7 Å². The van der Waals surface area contributed by atoms with E-state index in [0.717, 1.165) is 10.2 Å². The van der Waals surface area contributed by atoms with E-state index in [0.29, 0.717) is 0 Å². The third kappa shape index (κ3) is 4.05. The van der Waals surface area contributed by atoms with Crippen molar-refractivity contribution in [2.75, 3.05) is 5.75 Å². The van der Waals surface area contributed by atoms with Gasteiger partial charge in [0.25, 0.3) is 0 Å². The molecule has 0 atom stereocenters. The van der Waals surface area contributed by atoms with Crippen LogP contribution in [0.1, 0.15) is 18.9 Å². The normalized spacial score (nSPS) is 10.4. The Hall–Kier alpha value is 0.530. The van der Waals surface area contributed by atoms with Crippen LogP contribution in [0.5, 0.6) is 0 Å². The maximum Gasteiger partial charge on any atom is 0.0226 e. The molecule has 0 aromatic heterocycles. The fraction of sp³-hybridized carbons (Fsp3) is 0.400. The molecule has 0 fully saturated rings. The Kier molecular flexibility index (Phi) is 5.44. The molecule has 72 valence electrons. The molecule has 1 aromatic rings. The first-order chi connectivity index (χ1) is 6.24. The summed E-state index contributed by atoms with van der Waals surface area (Å²) in [6.45, 7) is 2.21. The van der Waals surface area contributed by atoms with Crippen molar-refractivity contribution in [2.45, 2.75) is 19.1 Å². The van der Waals surface area contributed by atoms with Gasteiger partial charge >= 0.3 is 0 Å². The molecule has 0 spiro atoms. The summed E-state index contributed by atoms with van der Waals surface area (Å²) in [6.07, 6.45) is 1.25. The largest absolute Gasteiger partial charge is 0.157 e. The topological polar surface area (TPSA) is 0 Å². The van der Waals surface area contributed by atoms with E-state index >= 15 is 0 Å². The molecule has 0 nitrogen and oxygen atoms in total. The lowest BCUT2D eigenvalue weighted by atomic mass is 10.2. The molecular formula is C10H12Br2S. The Morgan fingerprint density at radius 3 is 2.69 bits per heavy atom. The Morgan fingerprint density at radius 1 is 1.31 bits per heavy atom. The van der Waals surface area contributed by atoms with Crippen LogP contribution in [0, 0.1) is 0 Å². The van der Waals surface area contributed by atoms with E-state index < -0.39 is 0 Å². The minimum atomic E-state index is 1.10. The van der Waals surface area contributed by atoms with Crippen molar-refractivity contribution in [3.63, 3.8) is 0 Å². The molecule has 3 heteroatoms. The Morgan fingerprint density at radius 2 is 2.08 bits per heavy atom. The molecule has 0 aliphatic heterocycles. The van der Waals surface area contributed by atoms with Gasteiger partial charge in [-0.1, -0.05) is 44.8 Å². The third-order valence-electron chi connectivity index (χ3n) is 1.62. The van der Waals surface area contributed by atoms with Crippen molar-refractivity contribution < 1.29 is 0 Å². The van der Waals surface area contributed by atoms with Gasteiger partial charge in [0.05, 0.1) is 0 Å². The standard InChI is InChI=1S/C10H12Br2S/c1-2-5-13-7-8-3-4-9(11)6-10(8)12/h3-4,6H,2,5,7H2,1H3. The maximum atomic E-state index is 3.56. The van der Waals surface area contributed by atoms with E-state index in [1.54, 1.807) is 0 Å². The van der Waals surface area contributed by atoms with Crippen molar-refractivity contribution in [2.24, 2.45) is 0 Å². The molecule has 0 amide bonds. The quantitative estimate of drug-likeness (QED) is 0.713. The van der Waals surface area contributed by atoms with Crippen molar-refractivity contribution in [3.05, 3.63) is 32.7 Å². The summed E-state index contributed by atoms with van der Waals surface area (Å²) < 4.78 is 2.33. The predicted molar refractivity (Wildman–Crippen MR) is 68.3 cm³/mol. The highest BCUT2D eigenvalue weighted by molar-refractivity contribution is 9.11. The molecule has 0 bridgehead atoms. The fourth-order valence-corrected chi connectivity index (χ4v) is 3.24. The number of hydrogen-bond acceptors (Lipinski definition) is 1. The van der Waals surface area contributed by atoms with Crippen LogP contribution in [0.3, 0.4) is 0 Å². The summed E-state index contributed by atoms with van der Waals surface area (Å²) >= 11 is 8.98. The first kappa shape index (κ1) is 11.6. The van der Waals surface area contributed by atoms with E-state index in [1.807, 2.05) is 11.8 Å². The van der Waals surface area contributed by atoms with Crippen LogP contribution >= 0.6 is 43.6 Å². The highest BCUT2D eigenvalue weighted by atomic mass is 79.9. The van der Waals surface area contributed by atoms with Gasteiger partial charge in [0.15, 0.2) is 0 Å². The fourth-order valence-electron chi connectivity index (χ4n) is 0.965. The van der Waals surface area contributed by atoms with Crippen molar-refractivity contribution >= 4 is 43.6 Å². The molecule has 0 heterocycles. The summed E-state index contributed by atoms with van der Waals surface area (Å²) in [6, 6.07) is 6.35. The molecule has 0 saturated heterocycles. The van der Waals surface area contributed by atoms with Gasteiger partial charge in [-0.3, -0.25) is 0 Å². The zero-order valence-electron chi connectivity index (χ0n) is 7.52. The zero-order chi connectivity index (χ0) is 9.68. The van der Waals surface area contributed by atoms with Gasteiger partial charge in [-0.2, -0.15) is 11.8 Å². The van der Waals surface area contributed by atoms with Crippen LogP contribution in [-0.4, -0.2) is 5.75 Å². The summed E-state index contributed by atoms with van der Waals surface area (Å²) in [5.74, 6) is 2.34. The highest BCUT2D eigenvalue weighted by Gasteiger charge is 1.99. The SMILES string of the molecule is CCCSCc1ccc(Br)cc1Br. The molecule has 1 rings (SSSR count). The van der Waals surface area contributed by atoms with E-state index in [2.05, 4.69) is 57.0 Å². The van der Waals surface area contributed by atoms with Gasteiger partial charge < -0.3 is 0 Å². The van der Waals surface area contributed by atoms with E-state index in [1.165, 1.54) is 22.2 Å². The number of benzene rings is 1. The first-order valence-corrected chi connectivity index (χ1v) is 6.99. The second-order valence-corrected chi connectivity index (χ2v) is 5.66. The van der Waals surface area contributed by atoms with Crippen molar-refractivity contribution in [3.8, 4) is 0 Å². The predicted octanol–water partition coefficient (Wildman–Crippen LogP) is 4.85. The van der Waals surface area contributed by atoms with Crippen LogP contribution < -0.4 is 0 Å². The number of rotatable bonds is 4. The van der Waals surface area contributed by atoms with Crippen LogP contribution in [0.4, 0.5) is 0 Å². The van der Waals surface area contributed by atoms with Gasteiger partial charge in [-0.25, -0.2) is 0 Å². The second kappa shape index (κ2) is 6.10. The van der Waals surface area contributed by atoms with E-state index in [4.69, 9.17) is 0 Å². The van der Waals surface area contributed by atoms with E-state index in [9.17, 15) is 0 Å². The lowest BCUT2D eigenvalue weighted by molar-refractivity contribution is 1.10. The molecule has 0 aliphatic carbocycles. The molecule has 0 N–H and O–H groups in total. The minimum absolute atomic E-state index is 1.10. The maximum absolute atomic E-state index is 3.56. The molecule has 0 saturated carbocycles. The first-order valence-electron chi connectivity index (χ1n) is 4.25.